The lowest BCUT2D eigenvalue weighted by molar-refractivity contribution is 0.557. The van der Waals surface area contributed by atoms with Crippen molar-refractivity contribution in [1.29, 1.82) is 0 Å². The van der Waals surface area contributed by atoms with Crippen LogP contribution in [0.5, 0.6) is 0 Å². The third-order valence-corrected chi connectivity index (χ3v) is 4.53. The van der Waals surface area contributed by atoms with Gasteiger partial charge < -0.3 is 5.32 Å². The third kappa shape index (κ3) is 4.39. The van der Waals surface area contributed by atoms with E-state index in [2.05, 4.69) is 63.3 Å². The molecular weight excluding hydrogens is 276 g/mol. The Morgan fingerprint density at radius 1 is 1.14 bits per heavy atom. The van der Waals surface area contributed by atoms with Crippen molar-refractivity contribution in [3.63, 3.8) is 0 Å². The van der Waals surface area contributed by atoms with E-state index in [4.69, 9.17) is 4.98 Å². The summed E-state index contributed by atoms with van der Waals surface area (Å²) in [6.07, 6.45) is 2.46. The molecule has 2 rings (SSSR count). The third-order valence-electron chi connectivity index (χ3n) is 3.42. The van der Waals surface area contributed by atoms with Gasteiger partial charge in [0.2, 0.25) is 0 Å². The molecule has 0 unspecified atom stereocenters. The number of aromatic nitrogens is 1. The van der Waals surface area contributed by atoms with Gasteiger partial charge in [-0.25, -0.2) is 4.98 Å². The van der Waals surface area contributed by atoms with Crippen LogP contribution in [0.25, 0.3) is 10.6 Å². The predicted octanol–water partition coefficient (Wildman–Crippen LogP) is 5.00. The second-order valence-electron chi connectivity index (χ2n) is 6.44. The fraction of sp³-hybridized carbons (Fsp3) is 0.500. The van der Waals surface area contributed by atoms with Gasteiger partial charge in [0.1, 0.15) is 5.01 Å². The van der Waals surface area contributed by atoms with E-state index < -0.39 is 0 Å². The van der Waals surface area contributed by atoms with E-state index in [1.807, 2.05) is 11.3 Å². The van der Waals surface area contributed by atoms with Crippen LogP contribution in [0.3, 0.4) is 0 Å². The van der Waals surface area contributed by atoms with Crippen molar-refractivity contribution < 1.29 is 0 Å². The highest BCUT2D eigenvalue weighted by Gasteiger charge is 2.23. The van der Waals surface area contributed by atoms with Gasteiger partial charge in [-0.2, -0.15) is 0 Å². The highest BCUT2D eigenvalue weighted by atomic mass is 32.1. The Morgan fingerprint density at radius 3 is 2.48 bits per heavy atom. The lowest BCUT2D eigenvalue weighted by Gasteiger charge is -2.17. The average molecular weight is 302 g/mol. The van der Waals surface area contributed by atoms with E-state index in [9.17, 15) is 0 Å². The van der Waals surface area contributed by atoms with Gasteiger partial charge in [-0.15, -0.1) is 11.3 Å². The maximum atomic E-state index is 4.93. The van der Waals surface area contributed by atoms with Crippen LogP contribution in [0.15, 0.2) is 30.3 Å². The zero-order chi connectivity index (χ0) is 15.3. The van der Waals surface area contributed by atoms with Gasteiger partial charge in [0, 0.05) is 22.4 Å². The number of rotatable bonds is 6. The molecule has 1 aromatic heterocycles. The highest BCUT2D eigenvalue weighted by molar-refractivity contribution is 7.15. The molecule has 3 heteroatoms. The zero-order valence-corrected chi connectivity index (χ0v) is 14.4. The molecule has 0 atom stereocenters. The Morgan fingerprint density at radius 2 is 1.86 bits per heavy atom. The van der Waals surface area contributed by atoms with Crippen LogP contribution in [0.1, 0.15) is 51.1 Å². The van der Waals surface area contributed by atoms with Gasteiger partial charge in [-0.1, -0.05) is 64.4 Å². The summed E-state index contributed by atoms with van der Waals surface area (Å²) >= 11 is 1.82. The van der Waals surface area contributed by atoms with Crippen LogP contribution in [-0.4, -0.2) is 11.5 Å². The number of hydrogen-bond acceptors (Lipinski definition) is 3. The summed E-state index contributed by atoms with van der Waals surface area (Å²) in [6.45, 7) is 11.0. The van der Waals surface area contributed by atoms with E-state index in [0.29, 0.717) is 0 Å². The van der Waals surface area contributed by atoms with Crippen molar-refractivity contribution in [2.75, 3.05) is 6.54 Å². The van der Waals surface area contributed by atoms with Crippen LogP contribution in [0.2, 0.25) is 0 Å². The van der Waals surface area contributed by atoms with Crippen molar-refractivity contribution >= 4 is 11.3 Å². The summed E-state index contributed by atoms with van der Waals surface area (Å²) < 4.78 is 0. The summed E-state index contributed by atoms with van der Waals surface area (Å²) in [5, 5.41) is 4.68. The van der Waals surface area contributed by atoms with Crippen LogP contribution < -0.4 is 5.32 Å². The first-order chi connectivity index (χ1) is 10.0. The topological polar surface area (TPSA) is 24.9 Å². The summed E-state index contributed by atoms with van der Waals surface area (Å²) in [4.78, 5) is 6.30. The lowest BCUT2D eigenvalue weighted by atomic mass is 9.91. The summed E-state index contributed by atoms with van der Waals surface area (Å²) in [7, 11) is 0. The van der Waals surface area contributed by atoms with E-state index in [1.165, 1.54) is 29.0 Å². The molecule has 0 fully saturated rings. The van der Waals surface area contributed by atoms with E-state index in [1.54, 1.807) is 0 Å². The summed E-state index contributed by atoms with van der Waals surface area (Å²) in [5.74, 6) is 0. The molecule has 1 heterocycles. The molecule has 2 aromatic rings. The first-order valence-electron chi connectivity index (χ1n) is 7.78. The predicted molar refractivity (Wildman–Crippen MR) is 92.9 cm³/mol. The van der Waals surface area contributed by atoms with Crippen LogP contribution in [0.4, 0.5) is 0 Å². The van der Waals surface area contributed by atoms with Crippen LogP contribution >= 0.6 is 11.3 Å². The zero-order valence-electron chi connectivity index (χ0n) is 13.6. The first kappa shape index (κ1) is 16.2. The van der Waals surface area contributed by atoms with E-state index in [0.717, 1.165) is 18.1 Å². The normalized spacial score (nSPS) is 11.8. The van der Waals surface area contributed by atoms with E-state index in [-0.39, 0.29) is 5.41 Å². The van der Waals surface area contributed by atoms with Crippen molar-refractivity contribution in [2.24, 2.45) is 0 Å². The standard InChI is InChI=1S/C18H26N2S/c1-5-6-12-19-13-15-16(18(2,3)4)20-17(21-15)14-10-8-7-9-11-14/h7-11,19H,5-6,12-13H2,1-4H3. The number of thiazole rings is 1. The molecule has 0 amide bonds. The second-order valence-corrected chi connectivity index (χ2v) is 7.52. The Hall–Kier alpha value is -1.19. The Labute approximate surface area is 132 Å². The lowest BCUT2D eigenvalue weighted by Crippen LogP contribution is -2.19. The van der Waals surface area contributed by atoms with Gasteiger partial charge in [0.25, 0.3) is 0 Å². The molecule has 0 bridgehead atoms. The van der Waals surface area contributed by atoms with Crippen molar-refractivity contribution in [1.82, 2.24) is 10.3 Å². The Bertz CT molecular complexity index is 552. The van der Waals surface area contributed by atoms with Crippen LogP contribution in [-0.2, 0) is 12.0 Å². The minimum Gasteiger partial charge on any atom is -0.312 e. The molecule has 0 radical (unpaired) electrons. The molecule has 1 N–H and O–H groups in total. The Balaban J connectivity index is 2.23. The van der Waals surface area contributed by atoms with Crippen LogP contribution in [0, 0.1) is 0 Å². The smallest absolute Gasteiger partial charge is 0.123 e. The van der Waals surface area contributed by atoms with Crippen molar-refractivity contribution in [3.05, 3.63) is 40.9 Å². The number of hydrogen-bond donors (Lipinski definition) is 1. The number of benzene rings is 1. The maximum Gasteiger partial charge on any atom is 0.123 e. The SMILES string of the molecule is CCCCNCc1sc(-c2ccccc2)nc1C(C)(C)C. The number of nitrogens with one attached hydrogen (secondary N) is 1. The Kier molecular flexibility index (Phi) is 5.54. The fourth-order valence-electron chi connectivity index (χ4n) is 2.27. The molecule has 2 nitrogen and oxygen atoms in total. The molecule has 0 aliphatic carbocycles. The van der Waals surface area contributed by atoms with Gasteiger partial charge in [-0.05, 0) is 13.0 Å². The average Bonchev–Trinajstić information content (AvgIpc) is 2.89. The molecule has 0 saturated heterocycles. The van der Waals surface area contributed by atoms with Crippen molar-refractivity contribution in [2.45, 2.75) is 52.5 Å². The second kappa shape index (κ2) is 7.19. The van der Waals surface area contributed by atoms with Gasteiger partial charge in [0.05, 0.1) is 5.69 Å². The minimum absolute atomic E-state index is 0.0886. The molecule has 0 aliphatic heterocycles. The molecule has 1 aromatic carbocycles. The maximum absolute atomic E-state index is 4.93. The molecule has 0 spiro atoms. The molecule has 21 heavy (non-hydrogen) atoms. The summed E-state index contributed by atoms with van der Waals surface area (Å²) in [5.41, 5.74) is 2.54. The van der Waals surface area contributed by atoms with E-state index >= 15 is 0 Å². The number of nitrogens with zero attached hydrogens (tertiary/aromatic N) is 1. The fourth-order valence-corrected chi connectivity index (χ4v) is 3.51. The summed E-state index contributed by atoms with van der Waals surface area (Å²) in [6, 6.07) is 10.5. The molecule has 114 valence electrons. The van der Waals surface area contributed by atoms with Gasteiger partial charge in [-0.3, -0.25) is 0 Å². The van der Waals surface area contributed by atoms with Crippen molar-refractivity contribution in [3.8, 4) is 10.6 Å². The van der Waals surface area contributed by atoms with Gasteiger partial charge >= 0.3 is 0 Å². The quantitative estimate of drug-likeness (QED) is 0.760. The number of unbranched alkanes of at least 4 members (excludes halogenated alkanes) is 1. The van der Waals surface area contributed by atoms with Gasteiger partial charge in [0.15, 0.2) is 0 Å². The first-order valence-corrected chi connectivity index (χ1v) is 8.60. The molecule has 0 saturated carbocycles. The monoisotopic (exact) mass is 302 g/mol. The molecule has 0 aliphatic rings. The minimum atomic E-state index is 0.0886. The largest absolute Gasteiger partial charge is 0.312 e. The highest BCUT2D eigenvalue weighted by Crippen LogP contribution is 2.34. The molecular formula is C18H26N2S.